The second-order valence-corrected chi connectivity index (χ2v) is 5.75. The number of halogens is 3. The maximum atomic E-state index is 13.8. The normalized spacial score (nSPS) is 13.1. The predicted octanol–water partition coefficient (Wildman–Crippen LogP) is 4.24. The van der Waals surface area contributed by atoms with Crippen molar-refractivity contribution in [1.82, 2.24) is 0 Å². The van der Waals surface area contributed by atoms with Crippen LogP contribution in [0.2, 0.25) is 5.02 Å². The van der Waals surface area contributed by atoms with Gasteiger partial charge in [0.15, 0.2) is 17.3 Å². The Morgan fingerprint density at radius 3 is 2.48 bits per heavy atom. The first-order valence-electron chi connectivity index (χ1n) is 6.15. The van der Waals surface area contributed by atoms with Crippen molar-refractivity contribution < 1.29 is 18.7 Å². The van der Waals surface area contributed by atoms with Gasteiger partial charge in [-0.05, 0) is 24.3 Å². The number of carbonyl (C=O) groups excluding carboxylic acids is 1. The molecule has 108 valence electrons. The monoisotopic (exact) mass is 370 g/mol. The SMILES string of the molecule is O=C(c1cc(Br)ccc1F)c1cc2c(cc1Cl)OCCO2. The third-order valence-corrected chi connectivity index (χ3v) is 3.86. The molecule has 0 unspecified atom stereocenters. The molecule has 1 aliphatic rings. The Morgan fingerprint density at radius 2 is 1.76 bits per heavy atom. The minimum absolute atomic E-state index is 0.0528. The molecule has 1 heterocycles. The molecule has 1 aliphatic heterocycles. The van der Waals surface area contributed by atoms with Gasteiger partial charge in [0.1, 0.15) is 19.0 Å². The summed E-state index contributed by atoms with van der Waals surface area (Å²) in [7, 11) is 0. The third kappa shape index (κ3) is 2.76. The van der Waals surface area contributed by atoms with E-state index in [2.05, 4.69) is 15.9 Å². The fraction of sp³-hybridized carbons (Fsp3) is 0.133. The lowest BCUT2D eigenvalue weighted by molar-refractivity contribution is 0.103. The molecule has 0 saturated carbocycles. The first-order valence-corrected chi connectivity index (χ1v) is 7.32. The van der Waals surface area contributed by atoms with Crippen LogP contribution < -0.4 is 9.47 Å². The van der Waals surface area contributed by atoms with E-state index in [4.69, 9.17) is 21.1 Å². The molecular formula is C15H9BrClFO3. The van der Waals surface area contributed by atoms with E-state index >= 15 is 0 Å². The maximum absolute atomic E-state index is 13.8. The van der Waals surface area contributed by atoms with Crippen LogP contribution in [0, 0.1) is 5.82 Å². The van der Waals surface area contributed by atoms with Crippen molar-refractivity contribution in [2.24, 2.45) is 0 Å². The summed E-state index contributed by atoms with van der Waals surface area (Å²) in [5.74, 6) is -0.188. The Labute approximate surface area is 133 Å². The Hall–Kier alpha value is -1.59. The Bertz CT molecular complexity index is 733. The van der Waals surface area contributed by atoms with Crippen molar-refractivity contribution in [3.05, 3.63) is 56.8 Å². The number of benzene rings is 2. The molecule has 0 aliphatic carbocycles. The molecule has 0 fully saturated rings. The second kappa shape index (κ2) is 5.66. The molecule has 0 N–H and O–H groups in total. The van der Waals surface area contributed by atoms with Gasteiger partial charge < -0.3 is 9.47 Å². The Morgan fingerprint density at radius 1 is 1.10 bits per heavy atom. The van der Waals surface area contributed by atoms with E-state index in [1.807, 2.05) is 0 Å². The van der Waals surface area contributed by atoms with Crippen LogP contribution >= 0.6 is 27.5 Å². The van der Waals surface area contributed by atoms with E-state index < -0.39 is 11.6 Å². The lowest BCUT2D eigenvalue weighted by atomic mass is 10.0. The minimum atomic E-state index is -0.603. The number of rotatable bonds is 2. The number of ether oxygens (including phenoxy) is 2. The first-order chi connectivity index (χ1) is 10.1. The van der Waals surface area contributed by atoms with Crippen molar-refractivity contribution in [3.63, 3.8) is 0 Å². The van der Waals surface area contributed by atoms with Gasteiger partial charge in [0.2, 0.25) is 0 Å². The van der Waals surface area contributed by atoms with E-state index in [9.17, 15) is 9.18 Å². The molecule has 3 nitrogen and oxygen atoms in total. The second-order valence-electron chi connectivity index (χ2n) is 4.43. The standard InChI is InChI=1S/C15H9BrClFO3/c16-8-1-2-12(18)10(5-8)15(19)9-6-13-14(7-11(9)17)21-4-3-20-13/h1-2,5-7H,3-4H2. The number of hydrogen-bond acceptors (Lipinski definition) is 3. The van der Waals surface area contributed by atoms with Crippen molar-refractivity contribution in [3.8, 4) is 11.5 Å². The highest BCUT2D eigenvalue weighted by molar-refractivity contribution is 9.10. The number of hydrogen-bond donors (Lipinski definition) is 0. The molecule has 6 heteroatoms. The van der Waals surface area contributed by atoms with E-state index in [-0.39, 0.29) is 16.1 Å². The number of carbonyl (C=O) groups is 1. The maximum Gasteiger partial charge on any atom is 0.197 e. The molecule has 3 rings (SSSR count). The molecule has 21 heavy (non-hydrogen) atoms. The zero-order chi connectivity index (χ0) is 15.0. The average molecular weight is 372 g/mol. The molecule has 0 saturated heterocycles. The Kier molecular flexibility index (Phi) is 3.87. The van der Waals surface area contributed by atoms with Crippen LogP contribution in [0.1, 0.15) is 15.9 Å². The molecule has 2 aromatic rings. The summed E-state index contributed by atoms with van der Waals surface area (Å²) in [5, 5.41) is 0.198. The van der Waals surface area contributed by atoms with Crippen molar-refractivity contribution >= 4 is 33.3 Å². The molecule has 0 radical (unpaired) electrons. The van der Waals surface area contributed by atoms with Gasteiger partial charge in [-0.2, -0.15) is 0 Å². The van der Waals surface area contributed by atoms with Gasteiger partial charge in [0, 0.05) is 16.1 Å². The number of ketones is 1. The van der Waals surface area contributed by atoms with E-state index in [0.29, 0.717) is 29.2 Å². The lowest BCUT2D eigenvalue weighted by Gasteiger charge is -2.19. The van der Waals surface area contributed by atoms with Crippen LogP contribution in [0.25, 0.3) is 0 Å². The zero-order valence-corrected chi connectivity index (χ0v) is 13.0. The fourth-order valence-corrected chi connectivity index (χ4v) is 2.66. The van der Waals surface area contributed by atoms with Crippen molar-refractivity contribution in [2.75, 3.05) is 13.2 Å². The first kappa shape index (κ1) is 14.4. The Balaban J connectivity index is 2.07. The lowest BCUT2D eigenvalue weighted by Crippen LogP contribution is -2.16. The van der Waals surface area contributed by atoms with Crippen molar-refractivity contribution in [2.45, 2.75) is 0 Å². The quantitative estimate of drug-likeness (QED) is 0.741. The molecule has 0 bridgehead atoms. The highest BCUT2D eigenvalue weighted by Gasteiger charge is 2.22. The van der Waals surface area contributed by atoms with Gasteiger partial charge in [-0.1, -0.05) is 27.5 Å². The average Bonchev–Trinajstić information content (AvgIpc) is 2.48. The van der Waals surface area contributed by atoms with Gasteiger partial charge in [-0.3, -0.25) is 4.79 Å². The smallest absolute Gasteiger partial charge is 0.197 e. The highest BCUT2D eigenvalue weighted by atomic mass is 79.9. The van der Waals surface area contributed by atoms with Crippen LogP contribution in [0.5, 0.6) is 11.5 Å². The zero-order valence-electron chi connectivity index (χ0n) is 10.7. The highest BCUT2D eigenvalue weighted by Crippen LogP contribution is 2.36. The molecule has 2 aromatic carbocycles. The minimum Gasteiger partial charge on any atom is -0.486 e. The van der Waals surface area contributed by atoms with Crippen molar-refractivity contribution in [1.29, 1.82) is 0 Å². The van der Waals surface area contributed by atoms with E-state index in [1.165, 1.54) is 30.3 Å². The van der Waals surface area contributed by atoms with Crippen LogP contribution in [-0.4, -0.2) is 19.0 Å². The topological polar surface area (TPSA) is 35.5 Å². The van der Waals surface area contributed by atoms with Gasteiger partial charge in [0.05, 0.1) is 10.6 Å². The van der Waals surface area contributed by atoms with Gasteiger partial charge >= 0.3 is 0 Å². The van der Waals surface area contributed by atoms with Gasteiger partial charge in [-0.25, -0.2) is 4.39 Å². The summed E-state index contributed by atoms with van der Waals surface area (Å²) in [5.41, 5.74) is 0.126. The predicted molar refractivity (Wildman–Crippen MR) is 80.0 cm³/mol. The molecule has 0 spiro atoms. The van der Waals surface area contributed by atoms with E-state index in [1.54, 1.807) is 0 Å². The summed E-state index contributed by atoms with van der Waals surface area (Å²) in [6.07, 6.45) is 0. The van der Waals surface area contributed by atoms with Crippen LogP contribution in [0.3, 0.4) is 0 Å². The van der Waals surface area contributed by atoms with Crippen LogP contribution in [0.15, 0.2) is 34.8 Å². The molecule has 0 aromatic heterocycles. The largest absolute Gasteiger partial charge is 0.486 e. The van der Waals surface area contributed by atoms with E-state index in [0.717, 1.165) is 0 Å². The summed E-state index contributed by atoms with van der Waals surface area (Å²) < 4.78 is 25.3. The summed E-state index contributed by atoms with van der Waals surface area (Å²) in [6.45, 7) is 0.824. The van der Waals surface area contributed by atoms with Crippen LogP contribution in [-0.2, 0) is 0 Å². The van der Waals surface area contributed by atoms with Gasteiger partial charge in [-0.15, -0.1) is 0 Å². The third-order valence-electron chi connectivity index (χ3n) is 3.05. The molecule has 0 amide bonds. The number of fused-ring (bicyclic) bond motifs is 1. The van der Waals surface area contributed by atoms with Gasteiger partial charge in [0.25, 0.3) is 0 Å². The summed E-state index contributed by atoms with van der Waals surface area (Å²) in [4.78, 5) is 12.5. The molecular weight excluding hydrogens is 363 g/mol. The summed E-state index contributed by atoms with van der Waals surface area (Å²) in [6, 6.07) is 7.17. The fourth-order valence-electron chi connectivity index (χ4n) is 2.05. The molecule has 0 atom stereocenters. The summed E-state index contributed by atoms with van der Waals surface area (Å²) >= 11 is 9.33. The van der Waals surface area contributed by atoms with Crippen LogP contribution in [0.4, 0.5) is 4.39 Å².